The van der Waals surface area contributed by atoms with Crippen molar-refractivity contribution >= 4 is 18.9 Å². The zero-order chi connectivity index (χ0) is 10.6. The molecular weight excluding hydrogens is 185 g/mol. The van der Waals surface area contributed by atoms with Crippen LogP contribution in [-0.2, 0) is 0 Å². The standard InChI is InChI=1S/C8H8BNO4/c11-9(12)6-5-7-3-1-2-4-8(7)10(13)14/h1-6,11-12H/b6-5+. The van der Waals surface area contributed by atoms with E-state index in [9.17, 15) is 10.1 Å². The molecular formula is C8H8BNO4. The molecule has 0 saturated heterocycles. The van der Waals surface area contributed by atoms with Gasteiger partial charge in [-0.25, -0.2) is 0 Å². The molecule has 14 heavy (non-hydrogen) atoms. The van der Waals surface area contributed by atoms with E-state index in [4.69, 9.17) is 10.0 Å². The van der Waals surface area contributed by atoms with Crippen LogP contribution in [0.1, 0.15) is 5.56 Å². The minimum atomic E-state index is -1.60. The molecule has 5 nitrogen and oxygen atoms in total. The van der Waals surface area contributed by atoms with Gasteiger partial charge in [0.25, 0.3) is 5.69 Å². The molecule has 0 aliphatic carbocycles. The van der Waals surface area contributed by atoms with E-state index in [-0.39, 0.29) is 5.69 Å². The van der Waals surface area contributed by atoms with Crippen LogP contribution in [0.4, 0.5) is 5.69 Å². The van der Waals surface area contributed by atoms with Crippen molar-refractivity contribution in [3.8, 4) is 0 Å². The number of nitrogens with zero attached hydrogens (tertiary/aromatic N) is 1. The lowest BCUT2D eigenvalue weighted by Crippen LogP contribution is -2.05. The molecule has 0 aliphatic heterocycles. The first-order valence-corrected chi connectivity index (χ1v) is 3.89. The highest BCUT2D eigenvalue weighted by atomic mass is 16.6. The summed E-state index contributed by atoms with van der Waals surface area (Å²) in [6, 6.07) is 6.06. The Morgan fingerprint density at radius 1 is 1.36 bits per heavy atom. The summed E-state index contributed by atoms with van der Waals surface area (Å²) in [7, 11) is -1.60. The fourth-order valence-electron chi connectivity index (χ4n) is 0.984. The Hall–Kier alpha value is -1.66. The van der Waals surface area contributed by atoms with Gasteiger partial charge >= 0.3 is 7.12 Å². The second kappa shape index (κ2) is 4.54. The number of para-hydroxylation sites is 1. The fraction of sp³-hybridized carbons (Fsp3) is 0. The predicted molar refractivity (Wildman–Crippen MR) is 52.3 cm³/mol. The molecule has 0 bridgehead atoms. The average Bonchev–Trinajstić information content (AvgIpc) is 2.15. The minimum Gasteiger partial charge on any atom is -0.424 e. The maximum absolute atomic E-state index is 10.5. The topological polar surface area (TPSA) is 83.6 Å². The fourth-order valence-corrected chi connectivity index (χ4v) is 0.984. The van der Waals surface area contributed by atoms with E-state index in [1.165, 1.54) is 18.2 Å². The van der Waals surface area contributed by atoms with E-state index in [1.807, 2.05) is 0 Å². The van der Waals surface area contributed by atoms with Crippen molar-refractivity contribution in [2.75, 3.05) is 0 Å². The Bertz CT molecular complexity index is 364. The Kier molecular flexibility index (Phi) is 3.38. The van der Waals surface area contributed by atoms with Crippen molar-refractivity contribution in [3.05, 3.63) is 45.9 Å². The van der Waals surface area contributed by atoms with E-state index in [0.29, 0.717) is 5.56 Å². The van der Waals surface area contributed by atoms with Crippen LogP contribution >= 0.6 is 0 Å². The van der Waals surface area contributed by atoms with E-state index in [2.05, 4.69) is 0 Å². The number of rotatable bonds is 3. The number of hydrogen-bond donors (Lipinski definition) is 2. The van der Waals surface area contributed by atoms with Crippen LogP contribution in [0.3, 0.4) is 0 Å². The smallest absolute Gasteiger partial charge is 0.424 e. The molecule has 0 aliphatic rings. The van der Waals surface area contributed by atoms with Crippen molar-refractivity contribution in [2.24, 2.45) is 0 Å². The van der Waals surface area contributed by atoms with Gasteiger partial charge < -0.3 is 10.0 Å². The van der Waals surface area contributed by atoms with Crippen LogP contribution in [0.5, 0.6) is 0 Å². The Morgan fingerprint density at radius 2 is 2.00 bits per heavy atom. The monoisotopic (exact) mass is 193 g/mol. The Labute approximate surface area is 80.6 Å². The summed E-state index contributed by atoms with van der Waals surface area (Å²) in [5, 5.41) is 27.6. The molecule has 1 aromatic carbocycles. The summed E-state index contributed by atoms with van der Waals surface area (Å²) in [6.45, 7) is 0. The average molecular weight is 193 g/mol. The highest BCUT2D eigenvalue weighted by Crippen LogP contribution is 2.18. The number of nitro groups is 1. The maximum atomic E-state index is 10.5. The highest BCUT2D eigenvalue weighted by molar-refractivity contribution is 6.48. The Balaban J connectivity index is 3.02. The second-order valence-corrected chi connectivity index (χ2v) is 2.59. The van der Waals surface area contributed by atoms with Gasteiger partial charge in [0.1, 0.15) is 0 Å². The lowest BCUT2D eigenvalue weighted by Gasteiger charge is -1.95. The van der Waals surface area contributed by atoms with Gasteiger partial charge in [-0.3, -0.25) is 10.1 Å². The van der Waals surface area contributed by atoms with Crippen molar-refractivity contribution in [1.29, 1.82) is 0 Å². The van der Waals surface area contributed by atoms with Crippen molar-refractivity contribution < 1.29 is 15.0 Å². The predicted octanol–water partition coefficient (Wildman–Crippen LogP) is 0.620. The lowest BCUT2D eigenvalue weighted by atomic mass is 9.90. The molecule has 0 spiro atoms. The third-order valence-electron chi connectivity index (χ3n) is 1.58. The first kappa shape index (κ1) is 10.4. The van der Waals surface area contributed by atoms with Crippen molar-refractivity contribution in [2.45, 2.75) is 0 Å². The molecule has 0 amide bonds. The molecule has 6 heteroatoms. The molecule has 1 aromatic rings. The van der Waals surface area contributed by atoms with Gasteiger partial charge in [0, 0.05) is 6.07 Å². The minimum absolute atomic E-state index is 0.0654. The van der Waals surface area contributed by atoms with Gasteiger partial charge in [0.2, 0.25) is 0 Å². The molecule has 0 heterocycles. The van der Waals surface area contributed by atoms with Crippen LogP contribution in [0.2, 0.25) is 0 Å². The first-order chi connectivity index (χ1) is 6.61. The van der Waals surface area contributed by atoms with Gasteiger partial charge in [-0.2, -0.15) is 0 Å². The van der Waals surface area contributed by atoms with Crippen LogP contribution in [0, 0.1) is 10.1 Å². The van der Waals surface area contributed by atoms with Crippen LogP contribution in [0.25, 0.3) is 6.08 Å². The highest BCUT2D eigenvalue weighted by Gasteiger charge is 2.10. The maximum Gasteiger partial charge on any atom is 0.480 e. The normalized spacial score (nSPS) is 10.4. The van der Waals surface area contributed by atoms with Gasteiger partial charge in [-0.1, -0.05) is 24.2 Å². The number of nitro benzene ring substituents is 1. The van der Waals surface area contributed by atoms with Crippen LogP contribution in [-0.4, -0.2) is 22.1 Å². The third-order valence-corrected chi connectivity index (χ3v) is 1.58. The van der Waals surface area contributed by atoms with Crippen LogP contribution in [0.15, 0.2) is 30.2 Å². The zero-order valence-electron chi connectivity index (χ0n) is 7.20. The molecule has 1 rings (SSSR count). The molecule has 0 radical (unpaired) electrons. The summed E-state index contributed by atoms with van der Waals surface area (Å²) in [6.07, 6.45) is 1.29. The molecule has 0 saturated carbocycles. The van der Waals surface area contributed by atoms with Crippen molar-refractivity contribution in [1.82, 2.24) is 0 Å². The molecule has 0 unspecified atom stereocenters. The molecule has 0 atom stereocenters. The lowest BCUT2D eigenvalue weighted by molar-refractivity contribution is -0.385. The summed E-state index contributed by atoms with van der Waals surface area (Å²) in [5.41, 5.74) is 0.273. The molecule has 2 N–H and O–H groups in total. The largest absolute Gasteiger partial charge is 0.480 e. The van der Waals surface area contributed by atoms with E-state index < -0.39 is 12.0 Å². The second-order valence-electron chi connectivity index (χ2n) is 2.59. The van der Waals surface area contributed by atoms with Crippen LogP contribution < -0.4 is 0 Å². The summed E-state index contributed by atoms with van der Waals surface area (Å²) in [5.74, 6) is 1.06. The Morgan fingerprint density at radius 3 is 2.57 bits per heavy atom. The van der Waals surface area contributed by atoms with E-state index in [0.717, 1.165) is 5.98 Å². The van der Waals surface area contributed by atoms with Gasteiger partial charge in [0.15, 0.2) is 0 Å². The number of hydrogen-bond acceptors (Lipinski definition) is 4. The molecule has 0 aromatic heterocycles. The van der Waals surface area contributed by atoms with Gasteiger partial charge in [-0.15, -0.1) is 0 Å². The SMILES string of the molecule is O=[N+]([O-])c1ccccc1/C=C/B(O)O. The van der Waals surface area contributed by atoms with Crippen molar-refractivity contribution in [3.63, 3.8) is 0 Å². The summed E-state index contributed by atoms with van der Waals surface area (Å²) in [4.78, 5) is 9.99. The molecule has 72 valence electrons. The van der Waals surface area contributed by atoms with E-state index >= 15 is 0 Å². The zero-order valence-corrected chi connectivity index (χ0v) is 7.20. The third kappa shape index (κ3) is 2.68. The number of benzene rings is 1. The van der Waals surface area contributed by atoms with Gasteiger partial charge in [0.05, 0.1) is 10.5 Å². The molecule has 0 fully saturated rings. The summed E-state index contributed by atoms with van der Waals surface area (Å²) >= 11 is 0. The van der Waals surface area contributed by atoms with E-state index in [1.54, 1.807) is 12.1 Å². The summed E-state index contributed by atoms with van der Waals surface area (Å²) < 4.78 is 0. The first-order valence-electron chi connectivity index (χ1n) is 3.89. The van der Waals surface area contributed by atoms with Gasteiger partial charge in [-0.05, 0) is 6.07 Å². The quantitative estimate of drug-likeness (QED) is 0.418.